The fourth-order valence-electron chi connectivity index (χ4n) is 4.53. The van der Waals surface area contributed by atoms with Crippen molar-refractivity contribution in [3.8, 4) is 11.5 Å². The number of aromatic hydroxyl groups is 1. The number of fused-ring (bicyclic) bond motifs is 1. The molecule has 0 aromatic heterocycles. The minimum absolute atomic E-state index is 0.00203. The molecule has 0 spiro atoms. The van der Waals surface area contributed by atoms with Crippen molar-refractivity contribution in [1.82, 2.24) is 5.32 Å². The van der Waals surface area contributed by atoms with Crippen LogP contribution in [0.4, 0.5) is 11.4 Å². The van der Waals surface area contributed by atoms with Crippen LogP contribution in [0.2, 0.25) is 0 Å². The lowest BCUT2D eigenvalue weighted by atomic mass is 10.1. The van der Waals surface area contributed by atoms with E-state index in [-0.39, 0.29) is 17.4 Å². The Kier molecular flexibility index (Phi) is 9.81. The van der Waals surface area contributed by atoms with E-state index >= 15 is 0 Å². The summed E-state index contributed by atoms with van der Waals surface area (Å²) in [5.74, 6) is -0.869. The maximum Gasteiger partial charge on any atom is 0.272 e. The van der Waals surface area contributed by atoms with Crippen LogP contribution in [0.25, 0.3) is 16.8 Å². The van der Waals surface area contributed by atoms with E-state index in [1.54, 1.807) is 54.6 Å². The van der Waals surface area contributed by atoms with Gasteiger partial charge in [-0.25, -0.2) is 0 Å². The van der Waals surface area contributed by atoms with Crippen LogP contribution in [0.1, 0.15) is 22.8 Å². The summed E-state index contributed by atoms with van der Waals surface area (Å²) in [4.78, 5) is 40.3. The molecule has 0 aliphatic heterocycles. The van der Waals surface area contributed by atoms with Crippen LogP contribution < -0.4 is 20.7 Å². The Labute approximate surface area is 265 Å². The van der Waals surface area contributed by atoms with Crippen LogP contribution >= 0.6 is 11.8 Å². The molecule has 0 heterocycles. The molecule has 0 aliphatic carbocycles. The van der Waals surface area contributed by atoms with E-state index in [4.69, 9.17) is 4.74 Å². The Hall–Kier alpha value is -5.54. The van der Waals surface area contributed by atoms with Gasteiger partial charge in [-0.3, -0.25) is 14.4 Å². The summed E-state index contributed by atoms with van der Waals surface area (Å²) in [5.41, 5.74) is 2.01. The number of methoxy groups -OCH3 is 1. The summed E-state index contributed by atoms with van der Waals surface area (Å²) >= 11 is 1.35. The van der Waals surface area contributed by atoms with Gasteiger partial charge in [0.1, 0.15) is 17.2 Å². The number of thioether (sulfide) groups is 1. The van der Waals surface area contributed by atoms with Gasteiger partial charge in [0.05, 0.1) is 12.4 Å². The third-order valence-electron chi connectivity index (χ3n) is 6.84. The Bertz CT molecular complexity index is 1890. The van der Waals surface area contributed by atoms with Crippen molar-refractivity contribution >= 4 is 57.7 Å². The number of ether oxygens (including phenoxy) is 1. The lowest BCUT2D eigenvalue weighted by Crippen LogP contribution is -2.30. The predicted octanol–water partition coefficient (Wildman–Crippen LogP) is 7.08. The highest BCUT2D eigenvalue weighted by molar-refractivity contribution is 8.00. The molecule has 0 saturated carbocycles. The van der Waals surface area contributed by atoms with E-state index in [1.807, 2.05) is 55.5 Å². The zero-order valence-electron chi connectivity index (χ0n) is 24.6. The number of benzene rings is 5. The van der Waals surface area contributed by atoms with Gasteiger partial charge >= 0.3 is 0 Å². The topological polar surface area (TPSA) is 117 Å². The fraction of sp³-hybridized carbons (Fsp3) is 0.0833. The highest BCUT2D eigenvalue weighted by atomic mass is 32.2. The van der Waals surface area contributed by atoms with Crippen molar-refractivity contribution in [2.75, 3.05) is 17.7 Å². The summed E-state index contributed by atoms with van der Waals surface area (Å²) in [6.45, 7) is 1.82. The van der Waals surface area contributed by atoms with Gasteiger partial charge in [-0.2, -0.15) is 0 Å². The molecule has 0 saturated heterocycles. The molecular formula is C36H31N3O5S. The monoisotopic (exact) mass is 617 g/mol. The van der Waals surface area contributed by atoms with Crippen molar-refractivity contribution in [2.24, 2.45) is 0 Å². The second kappa shape index (κ2) is 14.3. The third-order valence-corrected chi connectivity index (χ3v) is 7.93. The first-order chi connectivity index (χ1) is 21.8. The van der Waals surface area contributed by atoms with Gasteiger partial charge in [-0.1, -0.05) is 54.6 Å². The molecule has 5 aromatic carbocycles. The molecule has 0 aliphatic rings. The first kappa shape index (κ1) is 30.9. The Balaban J connectivity index is 1.31. The predicted molar refractivity (Wildman–Crippen MR) is 180 cm³/mol. The van der Waals surface area contributed by atoms with Crippen molar-refractivity contribution in [3.05, 3.63) is 132 Å². The number of hydrogen-bond donors (Lipinski definition) is 4. The Morgan fingerprint density at radius 3 is 2.29 bits per heavy atom. The highest BCUT2D eigenvalue weighted by Gasteiger charge is 2.18. The number of phenols is 1. The molecule has 1 atom stereocenters. The summed E-state index contributed by atoms with van der Waals surface area (Å²) in [6, 6.07) is 33.8. The molecule has 1 unspecified atom stereocenters. The second-order valence-electron chi connectivity index (χ2n) is 10.1. The van der Waals surface area contributed by atoms with Gasteiger partial charge in [0, 0.05) is 33.5 Å². The molecule has 9 heteroatoms. The molecule has 45 heavy (non-hydrogen) atoms. The van der Waals surface area contributed by atoms with Crippen molar-refractivity contribution in [3.63, 3.8) is 0 Å². The van der Waals surface area contributed by atoms with Gasteiger partial charge < -0.3 is 25.8 Å². The number of carbonyl (C=O) groups excluding carboxylic acids is 3. The minimum atomic E-state index is -0.571. The normalized spacial score (nSPS) is 11.8. The number of rotatable bonds is 10. The largest absolute Gasteiger partial charge is 0.508 e. The summed E-state index contributed by atoms with van der Waals surface area (Å²) in [6.07, 6.45) is 1.48. The first-order valence-electron chi connectivity index (χ1n) is 14.1. The minimum Gasteiger partial charge on any atom is -0.508 e. The van der Waals surface area contributed by atoms with Gasteiger partial charge in [0.25, 0.3) is 11.8 Å². The average molecular weight is 618 g/mol. The molecule has 3 amide bonds. The van der Waals surface area contributed by atoms with E-state index in [9.17, 15) is 19.5 Å². The summed E-state index contributed by atoms with van der Waals surface area (Å²) < 4.78 is 5.36. The SMILES string of the molecule is COc1cc(O)ccc1/C=C(/NC(=O)c1ccccc1)C(=O)Nc1cccc(SC(C)C(=O)Nc2ccc3ccccc3c2)c1. The van der Waals surface area contributed by atoms with Crippen LogP contribution in [0.5, 0.6) is 11.5 Å². The Morgan fingerprint density at radius 2 is 1.51 bits per heavy atom. The molecule has 5 aromatic rings. The molecule has 226 valence electrons. The van der Waals surface area contributed by atoms with Crippen LogP contribution in [0.3, 0.4) is 0 Å². The number of phenolic OH excluding ortho intramolecular Hbond substituents is 1. The van der Waals surface area contributed by atoms with Crippen molar-refractivity contribution < 1.29 is 24.2 Å². The molecule has 0 radical (unpaired) electrons. The van der Waals surface area contributed by atoms with Gasteiger partial charge in [-0.05, 0) is 78.4 Å². The van der Waals surface area contributed by atoms with Crippen LogP contribution in [0, 0.1) is 0 Å². The fourth-order valence-corrected chi connectivity index (χ4v) is 5.46. The summed E-state index contributed by atoms with van der Waals surface area (Å²) in [5, 5.41) is 20.1. The summed E-state index contributed by atoms with van der Waals surface area (Å²) in [7, 11) is 1.45. The highest BCUT2D eigenvalue weighted by Crippen LogP contribution is 2.29. The molecule has 4 N–H and O–H groups in total. The van der Waals surface area contributed by atoms with E-state index < -0.39 is 17.1 Å². The number of amides is 3. The zero-order valence-corrected chi connectivity index (χ0v) is 25.4. The van der Waals surface area contributed by atoms with E-state index in [1.165, 1.54) is 37.1 Å². The lowest BCUT2D eigenvalue weighted by molar-refractivity contribution is -0.115. The maximum atomic E-state index is 13.5. The standard InChI is InChI=1S/C36H31N3O5S/c1-23(34(41)37-29-17-15-24-9-6-7-12-26(24)19-29)45-31-14-8-13-28(21-31)38-36(43)32(39-35(42)25-10-4-3-5-11-25)20-27-16-18-30(40)22-33(27)44-2/h3-23,40H,1-2H3,(H,37,41)(H,38,43)(H,39,42)/b32-20+. The Morgan fingerprint density at radius 1 is 0.778 bits per heavy atom. The third kappa shape index (κ3) is 8.10. The van der Waals surface area contributed by atoms with Crippen molar-refractivity contribution in [1.29, 1.82) is 0 Å². The van der Waals surface area contributed by atoms with E-state index in [0.29, 0.717) is 28.3 Å². The quantitative estimate of drug-likeness (QED) is 0.0983. The molecular weight excluding hydrogens is 586 g/mol. The number of nitrogens with one attached hydrogen (secondary N) is 3. The zero-order chi connectivity index (χ0) is 31.8. The average Bonchev–Trinajstić information content (AvgIpc) is 3.05. The molecule has 5 rings (SSSR count). The second-order valence-corrected chi connectivity index (χ2v) is 11.5. The van der Waals surface area contributed by atoms with E-state index in [0.717, 1.165) is 15.7 Å². The lowest BCUT2D eigenvalue weighted by Gasteiger charge is -2.15. The van der Waals surface area contributed by atoms with Crippen molar-refractivity contribution in [2.45, 2.75) is 17.1 Å². The number of carbonyl (C=O) groups is 3. The molecule has 8 nitrogen and oxygen atoms in total. The van der Waals surface area contributed by atoms with Gasteiger partial charge in [-0.15, -0.1) is 11.8 Å². The van der Waals surface area contributed by atoms with E-state index in [2.05, 4.69) is 16.0 Å². The smallest absolute Gasteiger partial charge is 0.272 e. The molecule has 0 bridgehead atoms. The van der Waals surface area contributed by atoms with Crippen LogP contribution in [0.15, 0.2) is 126 Å². The first-order valence-corrected chi connectivity index (χ1v) is 15.0. The maximum absolute atomic E-state index is 13.5. The van der Waals surface area contributed by atoms with Gasteiger partial charge in [0.2, 0.25) is 5.91 Å². The molecule has 0 fully saturated rings. The number of anilines is 2. The van der Waals surface area contributed by atoms with Crippen LogP contribution in [-0.2, 0) is 9.59 Å². The van der Waals surface area contributed by atoms with Crippen LogP contribution in [-0.4, -0.2) is 35.2 Å². The van der Waals surface area contributed by atoms with Gasteiger partial charge in [0.15, 0.2) is 0 Å². The number of hydrogen-bond acceptors (Lipinski definition) is 6.